The number of hydrogen-bond acceptors (Lipinski definition) is 6. The molecule has 38 heavy (non-hydrogen) atoms. The van der Waals surface area contributed by atoms with Crippen LogP contribution in [0.25, 0.3) is 0 Å². The molecule has 1 aromatic carbocycles. The monoisotopic (exact) mass is 522 g/mol. The largest absolute Gasteiger partial charge is 0.374 e. The number of amides is 4. The predicted molar refractivity (Wildman–Crippen MR) is 143 cm³/mol. The third-order valence-corrected chi connectivity index (χ3v) is 7.15. The van der Waals surface area contributed by atoms with Gasteiger partial charge in [0.2, 0.25) is 11.8 Å². The molecular weight excluding hydrogens is 484 g/mol. The van der Waals surface area contributed by atoms with Gasteiger partial charge in [0.15, 0.2) is 0 Å². The van der Waals surface area contributed by atoms with Gasteiger partial charge in [-0.25, -0.2) is 4.79 Å². The Bertz CT molecular complexity index is 1120. The van der Waals surface area contributed by atoms with Crippen LogP contribution in [0.4, 0.5) is 4.79 Å². The summed E-state index contributed by atoms with van der Waals surface area (Å²) in [6.07, 6.45) is 2.26. The number of nitrogens with one attached hydrogen (secondary N) is 1. The van der Waals surface area contributed by atoms with Crippen LogP contribution in [0.2, 0.25) is 0 Å². The second-order valence-electron chi connectivity index (χ2n) is 10.7. The second kappa shape index (κ2) is 11.5. The molecule has 0 spiro atoms. The number of rotatable bonds is 10. The molecule has 2 unspecified atom stereocenters. The summed E-state index contributed by atoms with van der Waals surface area (Å²) >= 11 is 0. The summed E-state index contributed by atoms with van der Waals surface area (Å²) in [5.41, 5.74) is 6.08. The molecule has 1 aromatic heterocycles. The third kappa shape index (κ3) is 6.14. The van der Waals surface area contributed by atoms with E-state index in [9.17, 15) is 14.4 Å². The molecule has 2 saturated heterocycles. The van der Waals surface area contributed by atoms with Crippen molar-refractivity contribution in [2.75, 3.05) is 39.3 Å². The fourth-order valence-corrected chi connectivity index (χ4v) is 5.10. The highest BCUT2D eigenvalue weighted by Gasteiger charge is 2.53. The topological polar surface area (TPSA) is 121 Å². The summed E-state index contributed by atoms with van der Waals surface area (Å²) in [5.74, 6) is -0.688. The van der Waals surface area contributed by atoms with Crippen LogP contribution in [-0.2, 0) is 27.4 Å². The highest BCUT2D eigenvalue weighted by molar-refractivity contribution is 5.92. The van der Waals surface area contributed by atoms with Gasteiger partial charge in [0.1, 0.15) is 6.04 Å². The van der Waals surface area contributed by atoms with Crippen LogP contribution >= 0.6 is 0 Å². The zero-order chi connectivity index (χ0) is 27.3. The quantitative estimate of drug-likeness (QED) is 0.487. The van der Waals surface area contributed by atoms with Crippen LogP contribution in [-0.4, -0.2) is 94.0 Å². The number of carbonyl (C=O) groups is 3. The van der Waals surface area contributed by atoms with Crippen molar-refractivity contribution in [2.45, 2.75) is 50.9 Å². The van der Waals surface area contributed by atoms with Crippen molar-refractivity contribution in [2.24, 2.45) is 5.73 Å². The first-order chi connectivity index (χ1) is 18.1. The summed E-state index contributed by atoms with van der Waals surface area (Å²) in [6, 6.07) is 14.4. The first-order valence-electron chi connectivity index (χ1n) is 13.1. The molecule has 3 heterocycles. The Hall–Kier alpha value is -3.50. The Morgan fingerprint density at radius 3 is 2.53 bits per heavy atom. The minimum Gasteiger partial charge on any atom is -0.374 e. The van der Waals surface area contributed by atoms with Gasteiger partial charge in [-0.2, -0.15) is 0 Å². The van der Waals surface area contributed by atoms with E-state index in [0.717, 1.165) is 11.3 Å². The lowest BCUT2D eigenvalue weighted by molar-refractivity contribution is -0.142. The maximum atomic E-state index is 13.9. The molecule has 2 aliphatic heterocycles. The van der Waals surface area contributed by atoms with Crippen molar-refractivity contribution < 1.29 is 19.1 Å². The third-order valence-electron chi connectivity index (χ3n) is 7.15. The summed E-state index contributed by atoms with van der Waals surface area (Å²) in [6.45, 7) is 7.65. The lowest BCUT2D eigenvalue weighted by atomic mass is 9.89. The lowest BCUT2D eigenvalue weighted by Gasteiger charge is -2.46. The number of likely N-dealkylation sites (N-methyl/N-ethyl adjacent to an activating group) is 1. The first kappa shape index (κ1) is 27.5. The molecule has 2 aromatic rings. The second-order valence-corrected chi connectivity index (χ2v) is 10.7. The molecule has 4 amide bonds. The van der Waals surface area contributed by atoms with E-state index in [2.05, 4.69) is 10.3 Å². The Kier molecular flexibility index (Phi) is 8.32. The van der Waals surface area contributed by atoms with E-state index in [1.165, 1.54) is 0 Å². The van der Waals surface area contributed by atoms with Gasteiger partial charge < -0.3 is 30.5 Å². The van der Waals surface area contributed by atoms with Crippen LogP contribution in [0, 0.1) is 0 Å². The SMILES string of the molecule is CCN1CC2(Cc3ccccn3)CN(C(=O)C(COCc3ccccc3)NC(=O)C(C)(C)N)CCN2C1=O. The van der Waals surface area contributed by atoms with Gasteiger partial charge >= 0.3 is 6.03 Å². The minimum atomic E-state index is -1.16. The molecule has 2 fully saturated rings. The number of fused-ring (bicyclic) bond motifs is 1. The van der Waals surface area contributed by atoms with E-state index in [-0.39, 0.29) is 18.5 Å². The van der Waals surface area contributed by atoms with Crippen molar-refractivity contribution in [3.05, 3.63) is 66.0 Å². The number of piperazine rings is 1. The van der Waals surface area contributed by atoms with E-state index in [4.69, 9.17) is 10.5 Å². The molecule has 3 N–H and O–H groups in total. The maximum Gasteiger partial charge on any atom is 0.320 e. The standard InChI is InChI=1S/C28H38N6O4/c1-4-32-19-28(16-22-12-8-9-13-30-22)20-33(14-15-34(28)26(32)37)24(35)23(31-25(36)27(2,3)29)18-38-17-21-10-6-5-7-11-21/h5-13,23H,4,14-20,29H2,1-3H3,(H,31,36). The van der Waals surface area contributed by atoms with Crippen LogP contribution in [0.3, 0.4) is 0 Å². The molecule has 204 valence electrons. The minimum absolute atomic E-state index is 0.00299. The van der Waals surface area contributed by atoms with E-state index in [1.54, 1.807) is 24.9 Å². The van der Waals surface area contributed by atoms with Crippen LogP contribution in [0.5, 0.6) is 0 Å². The summed E-state index contributed by atoms with van der Waals surface area (Å²) in [4.78, 5) is 49.7. The van der Waals surface area contributed by atoms with Crippen LogP contribution in [0.15, 0.2) is 54.7 Å². The predicted octanol–water partition coefficient (Wildman–Crippen LogP) is 1.40. The van der Waals surface area contributed by atoms with Crippen molar-refractivity contribution in [3.8, 4) is 0 Å². The zero-order valence-corrected chi connectivity index (χ0v) is 22.4. The van der Waals surface area contributed by atoms with Gasteiger partial charge in [-0.1, -0.05) is 36.4 Å². The van der Waals surface area contributed by atoms with Crippen molar-refractivity contribution in [3.63, 3.8) is 0 Å². The number of carbonyl (C=O) groups excluding carboxylic acids is 3. The molecule has 4 rings (SSSR count). The lowest BCUT2D eigenvalue weighted by Crippen LogP contribution is -2.66. The molecule has 10 heteroatoms. The summed E-state index contributed by atoms with van der Waals surface area (Å²) in [7, 11) is 0. The van der Waals surface area contributed by atoms with Crippen molar-refractivity contribution >= 4 is 17.8 Å². The maximum absolute atomic E-state index is 13.9. The van der Waals surface area contributed by atoms with E-state index >= 15 is 0 Å². The fraction of sp³-hybridized carbons (Fsp3) is 0.500. The number of urea groups is 1. The van der Waals surface area contributed by atoms with E-state index in [1.807, 2.05) is 65.3 Å². The fourth-order valence-electron chi connectivity index (χ4n) is 5.10. The number of hydrogen-bond donors (Lipinski definition) is 2. The van der Waals surface area contributed by atoms with Crippen molar-refractivity contribution in [1.29, 1.82) is 0 Å². The number of ether oxygens (including phenoxy) is 1. The first-order valence-corrected chi connectivity index (χ1v) is 13.1. The van der Waals surface area contributed by atoms with Gasteiger partial charge in [0.05, 0.1) is 24.3 Å². The average Bonchev–Trinajstić information content (AvgIpc) is 3.18. The molecule has 0 aliphatic carbocycles. The van der Waals surface area contributed by atoms with Crippen LogP contribution in [0.1, 0.15) is 32.0 Å². The normalized spacial score (nSPS) is 20.3. The Labute approximate surface area is 224 Å². The Balaban J connectivity index is 1.54. The number of nitrogens with zero attached hydrogens (tertiary/aromatic N) is 4. The number of pyridine rings is 1. The van der Waals surface area contributed by atoms with Gasteiger partial charge in [0, 0.05) is 51.0 Å². The van der Waals surface area contributed by atoms with Gasteiger partial charge in [0.25, 0.3) is 0 Å². The number of aromatic nitrogens is 1. The van der Waals surface area contributed by atoms with Gasteiger partial charge in [-0.05, 0) is 38.5 Å². The Morgan fingerprint density at radius 2 is 1.87 bits per heavy atom. The number of nitrogens with two attached hydrogens (primary N) is 1. The molecule has 10 nitrogen and oxygen atoms in total. The zero-order valence-electron chi connectivity index (χ0n) is 22.4. The average molecular weight is 523 g/mol. The highest BCUT2D eigenvalue weighted by atomic mass is 16.5. The van der Waals surface area contributed by atoms with Crippen molar-refractivity contribution in [1.82, 2.24) is 25.0 Å². The molecule has 2 aliphatic rings. The highest BCUT2D eigenvalue weighted by Crippen LogP contribution is 2.33. The van der Waals surface area contributed by atoms with E-state index in [0.29, 0.717) is 45.8 Å². The summed E-state index contributed by atoms with van der Waals surface area (Å²) in [5, 5.41) is 2.81. The van der Waals surface area contributed by atoms with Crippen LogP contribution < -0.4 is 11.1 Å². The van der Waals surface area contributed by atoms with E-state index < -0.39 is 23.0 Å². The molecular formula is C28H38N6O4. The molecule has 0 radical (unpaired) electrons. The smallest absolute Gasteiger partial charge is 0.320 e. The summed E-state index contributed by atoms with van der Waals surface area (Å²) < 4.78 is 5.88. The molecule has 0 bridgehead atoms. The molecule has 2 atom stereocenters. The number of benzene rings is 1. The van der Waals surface area contributed by atoms with Gasteiger partial charge in [-0.3, -0.25) is 14.6 Å². The molecule has 0 saturated carbocycles. The Morgan fingerprint density at radius 1 is 1.13 bits per heavy atom. The van der Waals surface area contributed by atoms with Gasteiger partial charge in [-0.15, -0.1) is 0 Å².